The highest BCUT2D eigenvalue weighted by molar-refractivity contribution is 5.98. The molecular formula is C18H22N2O4. The highest BCUT2D eigenvalue weighted by Gasteiger charge is 2.46. The number of amides is 2. The van der Waals surface area contributed by atoms with E-state index in [4.69, 9.17) is 0 Å². The van der Waals surface area contributed by atoms with Crippen LogP contribution in [-0.4, -0.2) is 59.9 Å². The van der Waals surface area contributed by atoms with Crippen molar-refractivity contribution in [2.45, 2.75) is 12.8 Å². The summed E-state index contributed by atoms with van der Waals surface area (Å²) in [6.45, 7) is 0.784. The van der Waals surface area contributed by atoms with E-state index in [1.807, 2.05) is 0 Å². The monoisotopic (exact) mass is 330 g/mol. The lowest BCUT2D eigenvalue weighted by molar-refractivity contribution is -0.142. The molecule has 0 bridgehead atoms. The topological polar surface area (TPSA) is 77.9 Å². The number of carbonyl (C=O) groups is 3. The van der Waals surface area contributed by atoms with E-state index in [0.717, 1.165) is 12.8 Å². The standard InChI is InChI=1S/C18H22N2O4/c1-19(2)16(21)12-5-7-13(8-6-12)17(22)20-9-14(11-3-4-11)15(10-20)18(23)24/h5-8,11,14-15H,3-4,9-10H2,1-2H3,(H,23,24)/t14-,15+/m1/s1. The summed E-state index contributed by atoms with van der Waals surface area (Å²) in [7, 11) is 3.35. The minimum Gasteiger partial charge on any atom is -0.481 e. The average Bonchev–Trinajstić information content (AvgIpc) is 3.31. The van der Waals surface area contributed by atoms with E-state index < -0.39 is 11.9 Å². The van der Waals surface area contributed by atoms with Crippen LogP contribution in [0, 0.1) is 17.8 Å². The Morgan fingerprint density at radius 1 is 1.04 bits per heavy atom. The normalized spacial score (nSPS) is 23.2. The molecule has 0 radical (unpaired) electrons. The van der Waals surface area contributed by atoms with Gasteiger partial charge in [-0.15, -0.1) is 0 Å². The van der Waals surface area contributed by atoms with Crippen LogP contribution in [0.4, 0.5) is 0 Å². The summed E-state index contributed by atoms with van der Waals surface area (Å²) in [4.78, 5) is 39.1. The van der Waals surface area contributed by atoms with E-state index in [-0.39, 0.29) is 24.3 Å². The minimum absolute atomic E-state index is 0.0704. The molecule has 2 amide bonds. The number of likely N-dealkylation sites (tertiary alicyclic amines) is 1. The zero-order chi connectivity index (χ0) is 17.4. The van der Waals surface area contributed by atoms with Gasteiger partial charge in [0.05, 0.1) is 5.92 Å². The lowest BCUT2D eigenvalue weighted by Crippen LogP contribution is -2.30. The third kappa shape index (κ3) is 3.13. The predicted molar refractivity (Wildman–Crippen MR) is 87.7 cm³/mol. The number of carbonyl (C=O) groups excluding carboxylic acids is 2. The van der Waals surface area contributed by atoms with Crippen molar-refractivity contribution < 1.29 is 19.5 Å². The molecule has 1 N–H and O–H groups in total. The van der Waals surface area contributed by atoms with Crippen molar-refractivity contribution in [3.63, 3.8) is 0 Å². The van der Waals surface area contributed by atoms with Gasteiger partial charge in [0.1, 0.15) is 0 Å². The summed E-state index contributed by atoms with van der Waals surface area (Å²) in [6, 6.07) is 6.55. The molecule has 2 atom stereocenters. The lowest BCUT2D eigenvalue weighted by Gasteiger charge is -2.17. The van der Waals surface area contributed by atoms with Crippen molar-refractivity contribution in [2.75, 3.05) is 27.2 Å². The second-order valence-electron chi connectivity index (χ2n) is 6.93. The van der Waals surface area contributed by atoms with Gasteiger partial charge in [-0.3, -0.25) is 14.4 Å². The molecule has 6 nitrogen and oxygen atoms in total. The van der Waals surface area contributed by atoms with Gasteiger partial charge in [-0.2, -0.15) is 0 Å². The van der Waals surface area contributed by atoms with Gasteiger partial charge in [0, 0.05) is 38.3 Å². The SMILES string of the molecule is CN(C)C(=O)c1ccc(C(=O)N2C[C@H](C(=O)O)[C@@H](C3CC3)C2)cc1. The number of carboxylic acid groups (broad SMARTS) is 1. The fourth-order valence-electron chi connectivity index (χ4n) is 3.45. The first kappa shape index (κ1) is 16.5. The first-order valence-electron chi connectivity index (χ1n) is 8.22. The first-order valence-corrected chi connectivity index (χ1v) is 8.22. The number of aliphatic carboxylic acids is 1. The second kappa shape index (κ2) is 6.26. The Morgan fingerprint density at radius 2 is 1.62 bits per heavy atom. The minimum atomic E-state index is -0.811. The van der Waals surface area contributed by atoms with Crippen LogP contribution in [-0.2, 0) is 4.79 Å². The van der Waals surface area contributed by atoms with Gasteiger partial charge in [-0.25, -0.2) is 0 Å². The summed E-state index contributed by atoms with van der Waals surface area (Å²) < 4.78 is 0. The Morgan fingerprint density at radius 3 is 2.12 bits per heavy atom. The Kier molecular flexibility index (Phi) is 4.30. The van der Waals surface area contributed by atoms with Crippen molar-refractivity contribution in [3.8, 4) is 0 Å². The molecule has 2 fully saturated rings. The van der Waals surface area contributed by atoms with Crippen LogP contribution in [0.25, 0.3) is 0 Å². The third-order valence-corrected chi connectivity index (χ3v) is 4.98. The second-order valence-corrected chi connectivity index (χ2v) is 6.93. The number of hydrogen-bond acceptors (Lipinski definition) is 3. The number of rotatable bonds is 4. The molecule has 0 aromatic heterocycles. The molecule has 1 saturated carbocycles. The molecule has 1 saturated heterocycles. The van der Waals surface area contributed by atoms with Gasteiger partial charge in [0.2, 0.25) is 0 Å². The molecule has 128 valence electrons. The van der Waals surface area contributed by atoms with Crippen molar-refractivity contribution in [1.29, 1.82) is 0 Å². The van der Waals surface area contributed by atoms with Crippen LogP contribution >= 0.6 is 0 Å². The quantitative estimate of drug-likeness (QED) is 0.909. The van der Waals surface area contributed by atoms with E-state index >= 15 is 0 Å². The fourth-order valence-corrected chi connectivity index (χ4v) is 3.45. The van der Waals surface area contributed by atoms with Gasteiger partial charge >= 0.3 is 5.97 Å². The molecule has 0 spiro atoms. The van der Waals surface area contributed by atoms with Crippen LogP contribution in [0.5, 0.6) is 0 Å². The highest BCUT2D eigenvalue weighted by atomic mass is 16.4. The molecule has 24 heavy (non-hydrogen) atoms. The van der Waals surface area contributed by atoms with E-state index in [2.05, 4.69) is 0 Å². The number of nitrogens with zero attached hydrogens (tertiary/aromatic N) is 2. The lowest BCUT2D eigenvalue weighted by atomic mass is 9.92. The highest BCUT2D eigenvalue weighted by Crippen LogP contribution is 2.44. The van der Waals surface area contributed by atoms with Crippen LogP contribution in [0.3, 0.4) is 0 Å². The summed E-state index contributed by atoms with van der Waals surface area (Å²) in [5.41, 5.74) is 1.02. The molecule has 1 heterocycles. The van der Waals surface area contributed by atoms with Gasteiger partial charge in [-0.05, 0) is 48.9 Å². The average molecular weight is 330 g/mol. The molecule has 1 aromatic carbocycles. The van der Waals surface area contributed by atoms with E-state index in [1.54, 1.807) is 43.3 Å². The third-order valence-electron chi connectivity index (χ3n) is 4.98. The molecule has 6 heteroatoms. The van der Waals surface area contributed by atoms with Gasteiger partial charge in [-0.1, -0.05) is 0 Å². The van der Waals surface area contributed by atoms with Gasteiger partial charge in [0.15, 0.2) is 0 Å². The molecule has 3 rings (SSSR count). The summed E-state index contributed by atoms with van der Waals surface area (Å²) in [6.07, 6.45) is 2.13. The van der Waals surface area contributed by atoms with E-state index in [9.17, 15) is 19.5 Å². The molecule has 0 unspecified atom stereocenters. The summed E-state index contributed by atoms with van der Waals surface area (Å²) >= 11 is 0. The molecular weight excluding hydrogens is 308 g/mol. The smallest absolute Gasteiger partial charge is 0.308 e. The molecule has 1 aliphatic carbocycles. The van der Waals surface area contributed by atoms with Crippen LogP contribution in [0.15, 0.2) is 24.3 Å². The molecule has 1 aliphatic heterocycles. The Hall–Kier alpha value is -2.37. The van der Waals surface area contributed by atoms with Crippen LogP contribution < -0.4 is 0 Å². The van der Waals surface area contributed by atoms with Gasteiger partial charge < -0.3 is 14.9 Å². The maximum absolute atomic E-state index is 12.7. The maximum Gasteiger partial charge on any atom is 0.308 e. The van der Waals surface area contributed by atoms with E-state index in [0.29, 0.717) is 23.6 Å². The fraction of sp³-hybridized carbons (Fsp3) is 0.500. The Balaban J connectivity index is 1.72. The molecule has 2 aliphatic rings. The largest absolute Gasteiger partial charge is 0.481 e. The Bertz CT molecular complexity index is 664. The van der Waals surface area contributed by atoms with Crippen molar-refractivity contribution in [2.24, 2.45) is 17.8 Å². The summed E-state index contributed by atoms with van der Waals surface area (Å²) in [5.74, 6) is -1.03. The van der Waals surface area contributed by atoms with E-state index in [1.165, 1.54) is 4.90 Å². The van der Waals surface area contributed by atoms with Crippen LogP contribution in [0.2, 0.25) is 0 Å². The van der Waals surface area contributed by atoms with Gasteiger partial charge in [0.25, 0.3) is 11.8 Å². The first-order chi connectivity index (χ1) is 11.4. The predicted octanol–water partition coefficient (Wildman–Crippen LogP) is 1.57. The zero-order valence-corrected chi connectivity index (χ0v) is 13.9. The number of carboxylic acids is 1. The Labute approximate surface area is 141 Å². The zero-order valence-electron chi connectivity index (χ0n) is 13.9. The van der Waals surface area contributed by atoms with Crippen molar-refractivity contribution in [3.05, 3.63) is 35.4 Å². The van der Waals surface area contributed by atoms with Crippen LogP contribution in [0.1, 0.15) is 33.6 Å². The van der Waals surface area contributed by atoms with Crippen molar-refractivity contribution in [1.82, 2.24) is 9.80 Å². The number of benzene rings is 1. The van der Waals surface area contributed by atoms with Crippen molar-refractivity contribution >= 4 is 17.8 Å². The maximum atomic E-state index is 12.7. The summed E-state index contributed by atoms with van der Waals surface area (Å²) in [5, 5.41) is 9.40. The number of hydrogen-bond donors (Lipinski definition) is 1. The molecule has 1 aromatic rings.